The van der Waals surface area contributed by atoms with Gasteiger partial charge in [-0.3, -0.25) is 0 Å². The first kappa shape index (κ1) is 15.3. The lowest BCUT2D eigenvalue weighted by atomic mass is 10.2. The van der Waals surface area contributed by atoms with E-state index in [4.69, 9.17) is 10.5 Å². The van der Waals surface area contributed by atoms with Crippen LogP contribution in [-0.2, 0) is 11.3 Å². The molecule has 0 aliphatic carbocycles. The van der Waals surface area contributed by atoms with Gasteiger partial charge in [-0.2, -0.15) is 0 Å². The molecule has 2 aromatic rings. The number of ether oxygens (including phenoxy) is 2. The van der Waals surface area contributed by atoms with Crippen LogP contribution < -0.4 is 10.5 Å². The molecule has 2 aromatic carbocycles. The molecule has 0 amide bonds. The van der Waals surface area contributed by atoms with Gasteiger partial charge in [0.25, 0.3) is 0 Å². The van der Waals surface area contributed by atoms with E-state index in [9.17, 15) is 9.18 Å². The van der Waals surface area contributed by atoms with Crippen LogP contribution in [0.15, 0.2) is 40.9 Å². The van der Waals surface area contributed by atoms with Crippen LogP contribution in [0, 0.1) is 5.82 Å². The second-order valence-electron chi connectivity index (χ2n) is 4.27. The van der Waals surface area contributed by atoms with E-state index in [0.29, 0.717) is 22.6 Å². The molecule has 0 fully saturated rings. The van der Waals surface area contributed by atoms with Crippen molar-refractivity contribution >= 4 is 27.6 Å². The molecule has 0 aromatic heterocycles. The molecule has 0 heterocycles. The molecule has 0 aliphatic heterocycles. The third-order valence-electron chi connectivity index (χ3n) is 2.83. The largest absolute Gasteiger partial charge is 0.487 e. The van der Waals surface area contributed by atoms with Crippen molar-refractivity contribution in [1.82, 2.24) is 0 Å². The van der Waals surface area contributed by atoms with Gasteiger partial charge in [0.05, 0.1) is 18.4 Å². The van der Waals surface area contributed by atoms with E-state index in [1.165, 1.54) is 25.3 Å². The summed E-state index contributed by atoms with van der Waals surface area (Å²) in [5.74, 6) is -0.492. The maximum atomic E-state index is 13.2. The molecule has 110 valence electrons. The molecule has 0 saturated carbocycles. The Hall–Kier alpha value is -2.08. The molecule has 0 radical (unpaired) electrons. The van der Waals surface area contributed by atoms with Gasteiger partial charge in [-0.05, 0) is 36.4 Å². The summed E-state index contributed by atoms with van der Waals surface area (Å²) in [7, 11) is 1.29. The Morgan fingerprint density at radius 1 is 1.29 bits per heavy atom. The second-order valence-corrected chi connectivity index (χ2v) is 5.12. The van der Waals surface area contributed by atoms with Gasteiger partial charge in [-0.25, -0.2) is 9.18 Å². The summed E-state index contributed by atoms with van der Waals surface area (Å²) in [5.41, 5.74) is 7.15. The molecule has 0 spiro atoms. The van der Waals surface area contributed by atoms with Crippen LogP contribution in [0.5, 0.6) is 5.75 Å². The number of carbonyl (C=O) groups is 1. The van der Waals surface area contributed by atoms with E-state index in [1.54, 1.807) is 18.2 Å². The van der Waals surface area contributed by atoms with Crippen LogP contribution in [0.4, 0.5) is 10.1 Å². The lowest BCUT2D eigenvalue weighted by molar-refractivity contribution is 0.0600. The Morgan fingerprint density at radius 2 is 2.05 bits per heavy atom. The van der Waals surface area contributed by atoms with Crippen molar-refractivity contribution in [2.75, 3.05) is 12.8 Å². The number of esters is 1. The Labute approximate surface area is 129 Å². The van der Waals surface area contributed by atoms with Crippen LogP contribution in [0.25, 0.3) is 0 Å². The number of carbonyl (C=O) groups excluding carboxylic acids is 1. The van der Waals surface area contributed by atoms with Crippen LogP contribution in [0.2, 0.25) is 0 Å². The molecule has 0 aliphatic rings. The highest BCUT2D eigenvalue weighted by Gasteiger charge is 2.10. The molecular formula is C15H13BrFNO3. The molecule has 2 N–H and O–H groups in total. The highest BCUT2D eigenvalue weighted by atomic mass is 79.9. The predicted molar refractivity (Wildman–Crippen MR) is 80.6 cm³/mol. The Kier molecular flexibility index (Phi) is 4.80. The fourth-order valence-corrected chi connectivity index (χ4v) is 2.07. The number of nitrogen functional groups attached to an aromatic ring is 1. The van der Waals surface area contributed by atoms with Gasteiger partial charge < -0.3 is 15.2 Å². The van der Waals surface area contributed by atoms with Crippen molar-refractivity contribution in [3.8, 4) is 5.75 Å². The van der Waals surface area contributed by atoms with E-state index in [-0.39, 0.29) is 12.4 Å². The minimum atomic E-state index is -0.480. The maximum absolute atomic E-state index is 13.2. The zero-order valence-electron chi connectivity index (χ0n) is 11.2. The van der Waals surface area contributed by atoms with E-state index in [0.717, 1.165) is 4.47 Å². The van der Waals surface area contributed by atoms with Crippen molar-refractivity contribution in [2.45, 2.75) is 6.61 Å². The highest BCUT2D eigenvalue weighted by molar-refractivity contribution is 9.10. The summed E-state index contributed by atoms with van der Waals surface area (Å²) in [4.78, 5) is 11.5. The third kappa shape index (κ3) is 3.72. The van der Waals surface area contributed by atoms with Gasteiger partial charge in [-0.1, -0.05) is 15.9 Å². The van der Waals surface area contributed by atoms with Crippen molar-refractivity contribution in [2.24, 2.45) is 0 Å². The standard InChI is InChI=1S/C15H13BrFNO3/c1-20-15(19)9-2-5-13(18)14(7-9)21-8-10-6-11(17)3-4-12(10)16/h2-7H,8,18H2,1H3. The average molecular weight is 354 g/mol. The minimum Gasteiger partial charge on any atom is -0.487 e. The van der Waals surface area contributed by atoms with Gasteiger partial charge in [0.2, 0.25) is 0 Å². The first-order chi connectivity index (χ1) is 10.0. The topological polar surface area (TPSA) is 61.5 Å². The van der Waals surface area contributed by atoms with Gasteiger partial charge in [-0.15, -0.1) is 0 Å². The van der Waals surface area contributed by atoms with E-state index in [1.807, 2.05) is 0 Å². The van der Waals surface area contributed by atoms with Crippen molar-refractivity contribution in [3.05, 3.63) is 57.8 Å². The van der Waals surface area contributed by atoms with Crippen LogP contribution in [0.3, 0.4) is 0 Å². The Morgan fingerprint density at radius 3 is 2.76 bits per heavy atom. The number of benzene rings is 2. The number of halogens is 2. The monoisotopic (exact) mass is 353 g/mol. The number of methoxy groups -OCH3 is 1. The maximum Gasteiger partial charge on any atom is 0.337 e. The average Bonchev–Trinajstić information content (AvgIpc) is 2.48. The lowest BCUT2D eigenvalue weighted by Crippen LogP contribution is -2.04. The summed E-state index contributed by atoms with van der Waals surface area (Å²) in [6.07, 6.45) is 0. The molecule has 6 heteroatoms. The van der Waals surface area contributed by atoms with Gasteiger partial charge in [0.15, 0.2) is 0 Å². The van der Waals surface area contributed by atoms with E-state index >= 15 is 0 Å². The van der Waals surface area contributed by atoms with Crippen LogP contribution in [0.1, 0.15) is 15.9 Å². The summed E-state index contributed by atoms with van der Waals surface area (Å²) < 4.78 is 24.1. The Balaban J connectivity index is 2.19. The molecule has 0 saturated heterocycles. The van der Waals surface area contributed by atoms with Gasteiger partial charge in [0, 0.05) is 10.0 Å². The van der Waals surface area contributed by atoms with E-state index < -0.39 is 5.97 Å². The number of anilines is 1. The summed E-state index contributed by atoms with van der Waals surface area (Å²) in [6, 6.07) is 8.91. The smallest absolute Gasteiger partial charge is 0.337 e. The molecular weight excluding hydrogens is 341 g/mol. The third-order valence-corrected chi connectivity index (χ3v) is 3.60. The minimum absolute atomic E-state index is 0.118. The van der Waals surface area contributed by atoms with E-state index in [2.05, 4.69) is 20.7 Å². The quantitative estimate of drug-likeness (QED) is 0.674. The molecule has 0 unspecified atom stereocenters. The first-order valence-corrected chi connectivity index (χ1v) is 6.85. The van der Waals surface area contributed by atoms with Crippen LogP contribution >= 0.6 is 15.9 Å². The number of rotatable bonds is 4. The highest BCUT2D eigenvalue weighted by Crippen LogP contribution is 2.26. The van der Waals surface area contributed by atoms with Crippen LogP contribution in [-0.4, -0.2) is 13.1 Å². The fraction of sp³-hybridized carbons (Fsp3) is 0.133. The number of nitrogens with two attached hydrogens (primary N) is 1. The molecule has 0 atom stereocenters. The SMILES string of the molecule is COC(=O)c1ccc(N)c(OCc2cc(F)ccc2Br)c1. The van der Waals surface area contributed by atoms with Crippen molar-refractivity contribution < 1.29 is 18.7 Å². The summed E-state index contributed by atoms with van der Waals surface area (Å²) >= 11 is 3.32. The number of hydrogen-bond donors (Lipinski definition) is 1. The first-order valence-electron chi connectivity index (χ1n) is 6.06. The fourth-order valence-electron chi connectivity index (χ4n) is 1.71. The van der Waals surface area contributed by atoms with Crippen molar-refractivity contribution in [3.63, 3.8) is 0 Å². The normalized spacial score (nSPS) is 10.2. The lowest BCUT2D eigenvalue weighted by Gasteiger charge is -2.11. The second kappa shape index (κ2) is 6.58. The number of hydrogen-bond acceptors (Lipinski definition) is 4. The molecule has 4 nitrogen and oxygen atoms in total. The van der Waals surface area contributed by atoms with Gasteiger partial charge >= 0.3 is 5.97 Å². The zero-order chi connectivity index (χ0) is 15.4. The van der Waals surface area contributed by atoms with Crippen molar-refractivity contribution in [1.29, 1.82) is 0 Å². The molecule has 21 heavy (non-hydrogen) atoms. The summed E-state index contributed by atoms with van der Waals surface area (Å²) in [5, 5.41) is 0. The molecule has 0 bridgehead atoms. The summed E-state index contributed by atoms with van der Waals surface area (Å²) in [6.45, 7) is 0.118. The Bertz CT molecular complexity index is 676. The molecule has 2 rings (SSSR count). The zero-order valence-corrected chi connectivity index (χ0v) is 12.8. The predicted octanol–water partition coefficient (Wildman–Crippen LogP) is 3.54. The van der Waals surface area contributed by atoms with Gasteiger partial charge in [0.1, 0.15) is 18.2 Å².